The zero-order valence-corrected chi connectivity index (χ0v) is 15.1. The van der Waals surface area contributed by atoms with Crippen molar-refractivity contribution in [3.8, 4) is 0 Å². The van der Waals surface area contributed by atoms with E-state index in [1.165, 1.54) is 14.2 Å². The van der Waals surface area contributed by atoms with Crippen LogP contribution in [0.5, 0.6) is 0 Å². The van der Waals surface area contributed by atoms with Crippen molar-refractivity contribution in [3.05, 3.63) is 71.8 Å². The fourth-order valence-electron chi connectivity index (χ4n) is 2.31. The number of hydrogen-bond donors (Lipinski definition) is 1. The number of benzene rings is 2. The number of carbonyl (C=O) groups excluding carboxylic acids is 1. The number of carbonyl (C=O) groups is 1. The van der Waals surface area contributed by atoms with E-state index in [1.54, 1.807) is 0 Å². The lowest BCUT2D eigenvalue weighted by Gasteiger charge is -2.25. The third-order valence-corrected chi connectivity index (χ3v) is 5.75. The molecule has 25 heavy (non-hydrogen) atoms. The van der Waals surface area contributed by atoms with Crippen molar-refractivity contribution in [1.82, 2.24) is 5.32 Å². The smallest absolute Gasteiger partial charge is 0.408 e. The van der Waals surface area contributed by atoms with E-state index in [-0.39, 0.29) is 6.61 Å². The van der Waals surface area contributed by atoms with Gasteiger partial charge in [0.15, 0.2) is 0 Å². The molecule has 0 aromatic heterocycles. The van der Waals surface area contributed by atoms with E-state index in [0.29, 0.717) is 6.42 Å². The molecule has 0 aliphatic rings. The van der Waals surface area contributed by atoms with E-state index in [1.807, 2.05) is 60.7 Å². The van der Waals surface area contributed by atoms with Crippen molar-refractivity contribution < 1.29 is 23.1 Å². The minimum absolute atomic E-state index is 0.120. The van der Waals surface area contributed by atoms with E-state index in [2.05, 4.69) is 5.32 Å². The van der Waals surface area contributed by atoms with Gasteiger partial charge in [0, 0.05) is 20.6 Å². The second-order valence-corrected chi connectivity index (χ2v) is 7.75. The van der Waals surface area contributed by atoms with Gasteiger partial charge in [-0.25, -0.2) is 4.79 Å². The summed E-state index contributed by atoms with van der Waals surface area (Å²) in [6.45, 7) is 0.120. The molecule has 134 valence electrons. The molecule has 0 saturated carbocycles. The molecule has 0 radical (unpaired) electrons. The summed E-state index contributed by atoms with van der Waals surface area (Å²) in [5.41, 5.74) is 1.75. The van der Waals surface area contributed by atoms with E-state index < -0.39 is 19.5 Å². The first-order valence-corrected chi connectivity index (χ1v) is 9.41. The van der Waals surface area contributed by atoms with Gasteiger partial charge in [0.25, 0.3) is 0 Å². The Hall–Kier alpha value is -2.14. The molecule has 1 amide bonds. The summed E-state index contributed by atoms with van der Waals surface area (Å²) in [4.78, 5) is 12.1. The number of nitrogens with one attached hydrogen (secondary N) is 1. The second kappa shape index (κ2) is 9.37. The molecule has 2 aromatic carbocycles. The summed E-state index contributed by atoms with van der Waals surface area (Å²) < 4.78 is 28.0. The van der Waals surface area contributed by atoms with Gasteiger partial charge in [-0.1, -0.05) is 60.7 Å². The summed E-state index contributed by atoms with van der Waals surface area (Å²) in [6.07, 6.45) is -0.389. The number of hydrogen-bond acceptors (Lipinski definition) is 5. The summed E-state index contributed by atoms with van der Waals surface area (Å²) in [5, 5.41) is 2.60. The van der Waals surface area contributed by atoms with Gasteiger partial charge in [-0.3, -0.25) is 4.57 Å². The van der Waals surface area contributed by atoms with Gasteiger partial charge in [0.1, 0.15) is 12.4 Å². The van der Waals surface area contributed by atoms with E-state index >= 15 is 0 Å². The maximum atomic E-state index is 12.8. The van der Waals surface area contributed by atoms with Crippen LogP contribution in [-0.4, -0.2) is 26.1 Å². The molecular formula is C18H22NO5P. The fraction of sp³-hybridized carbons (Fsp3) is 0.278. The highest BCUT2D eigenvalue weighted by molar-refractivity contribution is 7.54. The number of alkyl carbamates (subject to hydrolysis) is 1. The maximum absolute atomic E-state index is 12.8. The van der Waals surface area contributed by atoms with Crippen LogP contribution in [0.3, 0.4) is 0 Å². The first-order chi connectivity index (χ1) is 12.1. The fourth-order valence-corrected chi connectivity index (χ4v) is 3.67. The molecule has 0 aliphatic heterocycles. The lowest BCUT2D eigenvalue weighted by Crippen LogP contribution is -2.37. The topological polar surface area (TPSA) is 73.9 Å². The second-order valence-electron chi connectivity index (χ2n) is 5.32. The Morgan fingerprint density at radius 1 is 0.960 bits per heavy atom. The Labute approximate surface area is 147 Å². The standard InChI is InChI=1S/C18H22NO5P/c1-22-25(21,23-2)17(13-15-9-5-3-6-10-15)19-18(20)24-14-16-11-7-4-8-12-16/h3-12,17H,13-14H2,1-2H3,(H,19,20)/t17-/m0/s1. The average Bonchev–Trinajstić information content (AvgIpc) is 2.67. The molecule has 6 nitrogen and oxygen atoms in total. The Balaban J connectivity index is 2.04. The van der Waals surface area contributed by atoms with Crippen LogP contribution in [0.1, 0.15) is 11.1 Å². The molecule has 0 bridgehead atoms. The van der Waals surface area contributed by atoms with E-state index in [0.717, 1.165) is 11.1 Å². The van der Waals surface area contributed by atoms with Crippen molar-refractivity contribution in [2.75, 3.05) is 14.2 Å². The summed E-state index contributed by atoms with van der Waals surface area (Å²) in [6, 6.07) is 18.7. The zero-order chi connectivity index (χ0) is 18.1. The number of rotatable bonds is 8. The third kappa shape index (κ3) is 5.71. The van der Waals surface area contributed by atoms with Crippen molar-refractivity contribution >= 4 is 13.7 Å². The molecule has 0 saturated heterocycles. The minimum Gasteiger partial charge on any atom is -0.445 e. The first-order valence-electron chi connectivity index (χ1n) is 7.79. The van der Waals surface area contributed by atoms with E-state index in [9.17, 15) is 9.36 Å². The van der Waals surface area contributed by atoms with Crippen LogP contribution >= 0.6 is 7.60 Å². The monoisotopic (exact) mass is 363 g/mol. The molecule has 2 aromatic rings. The van der Waals surface area contributed by atoms with Crippen molar-refractivity contribution in [1.29, 1.82) is 0 Å². The van der Waals surface area contributed by atoms with Crippen molar-refractivity contribution in [3.63, 3.8) is 0 Å². The highest BCUT2D eigenvalue weighted by atomic mass is 31.2. The first kappa shape index (κ1) is 19.2. The molecule has 7 heteroatoms. The summed E-state index contributed by atoms with van der Waals surface area (Å²) in [7, 11) is -0.936. The van der Waals surface area contributed by atoms with Crippen LogP contribution in [0.4, 0.5) is 4.79 Å². The predicted molar refractivity (Wildman–Crippen MR) is 95.3 cm³/mol. The molecule has 0 fully saturated rings. The Kier molecular flexibility index (Phi) is 7.19. The molecule has 0 unspecified atom stereocenters. The highest BCUT2D eigenvalue weighted by Crippen LogP contribution is 2.51. The molecule has 0 aliphatic carbocycles. The molecular weight excluding hydrogens is 341 g/mol. The van der Waals surface area contributed by atoms with Gasteiger partial charge >= 0.3 is 13.7 Å². The molecule has 1 atom stereocenters. The Bertz CT molecular complexity index is 700. The van der Waals surface area contributed by atoms with Crippen LogP contribution in [0.2, 0.25) is 0 Å². The van der Waals surface area contributed by atoms with Gasteiger partial charge < -0.3 is 19.1 Å². The lowest BCUT2D eigenvalue weighted by molar-refractivity contribution is 0.136. The number of ether oxygens (including phenoxy) is 1. The van der Waals surface area contributed by atoms with Crippen molar-refractivity contribution in [2.24, 2.45) is 0 Å². The largest absolute Gasteiger partial charge is 0.445 e. The number of amides is 1. The molecule has 2 rings (SSSR count). The van der Waals surface area contributed by atoms with Crippen molar-refractivity contribution in [2.45, 2.75) is 18.8 Å². The van der Waals surface area contributed by atoms with Gasteiger partial charge in [-0.05, 0) is 11.1 Å². The highest BCUT2D eigenvalue weighted by Gasteiger charge is 2.35. The maximum Gasteiger partial charge on any atom is 0.408 e. The normalized spacial score (nSPS) is 12.4. The quantitative estimate of drug-likeness (QED) is 0.719. The Morgan fingerprint density at radius 2 is 1.48 bits per heavy atom. The van der Waals surface area contributed by atoms with Gasteiger partial charge in [-0.15, -0.1) is 0 Å². The third-order valence-electron chi connectivity index (χ3n) is 3.66. The molecule has 1 N–H and O–H groups in total. The summed E-state index contributed by atoms with van der Waals surface area (Å²) >= 11 is 0. The van der Waals surface area contributed by atoms with E-state index in [4.69, 9.17) is 13.8 Å². The van der Waals surface area contributed by atoms with Crippen LogP contribution in [0.15, 0.2) is 60.7 Å². The Morgan fingerprint density at radius 3 is 2.00 bits per heavy atom. The average molecular weight is 363 g/mol. The van der Waals surface area contributed by atoms with Gasteiger partial charge in [0.05, 0.1) is 0 Å². The lowest BCUT2D eigenvalue weighted by atomic mass is 10.1. The van der Waals surface area contributed by atoms with Crippen LogP contribution in [0.25, 0.3) is 0 Å². The minimum atomic E-state index is -3.52. The van der Waals surface area contributed by atoms with Crippen LogP contribution in [-0.2, 0) is 31.4 Å². The predicted octanol–water partition coefficient (Wildman–Crippen LogP) is 3.97. The zero-order valence-electron chi connectivity index (χ0n) is 14.3. The summed E-state index contributed by atoms with van der Waals surface area (Å²) in [5.74, 6) is -0.854. The molecule has 0 spiro atoms. The SMILES string of the molecule is COP(=O)(OC)[C@@H](Cc1ccccc1)NC(=O)OCc1ccccc1. The van der Waals surface area contributed by atoms with Gasteiger partial charge in [0.2, 0.25) is 0 Å². The van der Waals surface area contributed by atoms with Crippen LogP contribution in [0, 0.1) is 0 Å². The van der Waals surface area contributed by atoms with Gasteiger partial charge in [-0.2, -0.15) is 0 Å². The van der Waals surface area contributed by atoms with Crippen LogP contribution < -0.4 is 5.32 Å². The molecule has 0 heterocycles.